The van der Waals surface area contributed by atoms with Crippen LogP contribution in [-0.4, -0.2) is 135 Å². The number of hydrogen-bond acceptors (Lipinski definition) is 13. The summed E-state index contributed by atoms with van der Waals surface area (Å²) in [5.74, 6) is 0.0357. The number of amides is 5. The fourth-order valence-electron chi connectivity index (χ4n) is 10.9. The molecular weight excluding hydrogens is 967 g/mol. The number of carbonyl (C=O) groups is 5. The number of aliphatic hydroxyl groups excluding tert-OH is 1. The summed E-state index contributed by atoms with van der Waals surface area (Å²) in [6, 6.07) is 21.2. The van der Waals surface area contributed by atoms with Gasteiger partial charge in [-0.05, 0) is 99.0 Å². The molecule has 3 fully saturated rings. The van der Waals surface area contributed by atoms with Gasteiger partial charge < -0.3 is 40.7 Å². The van der Waals surface area contributed by atoms with Crippen LogP contribution in [-0.2, 0) is 14.4 Å². The van der Waals surface area contributed by atoms with E-state index in [2.05, 4.69) is 35.7 Å². The van der Waals surface area contributed by atoms with Crippen LogP contribution in [0.4, 0.5) is 28.8 Å². The molecule has 18 heteroatoms. The van der Waals surface area contributed by atoms with Gasteiger partial charge in [-0.25, -0.2) is 9.97 Å². The van der Waals surface area contributed by atoms with Gasteiger partial charge in [0.15, 0.2) is 5.82 Å². The predicted molar refractivity (Wildman–Crippen MR) is 292 cm³/mol. The number of carbonyl (C=O) groups excluding carboxylic acids is 5. The molecule has 4 aliphatic rings. The zero-order valence-corrected chi connectivity index (χ0v) is 44.9. The minimum absolute atomic E-state index is 0.0119. The molecule has 1 saturated carbocycles. The van der Waals surface area contributed by atoms with Crippen molar-refractivity contribution in [2.45, 2.75) is 123 Å². The molecule has 0 radical (unpaired) electrons. The van der Waals surface area contributed by atoms with E-state index in [1.54, 1.807) is 29.5 Å². The molecule has 9 rings (SSSR count). The zero-order chi connectivity index (χ0) is 53.0. The Hall–Kier alpha value is -6.76. The van der Waals surface area contributed by atoms with E-state index in [-0.39, 0.29) is 61.0 Å². The first-order valence-electron chi connectivity index (χ1n) is 26.5. The number of aromatic nitrogens is 3. The van der Waals surface area contributed by atoms with Crippen LogP contribution in [0, 0.1) is 12.3 Å². The van der Waals surface area contributed by atoms with Crippen LogP contribution in [0.15, 0.2) is 84.5 Å². The zero-order valence-electron chi connectivity index (χ0n) is 44.1. The fraction of sp³-hybridized carbons (Fsp3) is 0.474. The minimum Gasteiger partial charge on any atom is -0.391 e. The molecule has 4 atom stereocenters. The standard InChI is InChI=1S/C57H71N11O6S/c1-36(38-19-21-39(22-20-38)49-37(2)59-35-75-49)60-52(71)46-32-43(69)34-67(46)55(74)50(57(3,4)5)62-48(70)18-8-7-13-27-65-28-30-66(31-29-65)53(72)40-23-25-41(26-24-40)61-56-58-33-47-51(63-56)68(42-14-9-10-15-42)45-17-12-11-16-44(45)54(73)64(47)6/h11-12,16-17,19-26,33,35-36,42-43,46,50,69H,7-10,13-15,18,27-32,34H2,1-6H3,(H,60,71)(H,62,70)(H,58,61,63)/t36-,43+,46-,50+/m0/s1. The molecule has 5 amide bonds. The minimum atomic E-state index is -0.886. The van der Waals surface area contributed by atoms with Gasteiger partial charge in [-0.2, -0.15) is 4.98 Å². The third kappa shape index (κ3) is 12.0. The van der Waals surface area contributed by atoms with E-state index >= 15 is 0 Å². The number of thiazole rings is 1. The first kappa shape index (κ1) is 53.1. The highest BCUT2D eigenvalue weighted by atomic mass is 32.1. The summed E-state index contributed by atoms with van der Waals surface area (Å²) in [7, 11) is 1.77. The smallest absolute Gasteiger partial charge is 0.260 e. The molecule has 3 aromatic carbocycles. The van der Waals surface area contributed by atoms with Gasteiger partial charge in [-0.1, -0.05) is 76.4 Å². The van der Waals surface area contributed by atoms with E-state index < -0.39 is 23.6 Å². The number of anilines is 5. The number of aliphatic hydroxyl groups is 1. The summed E-state index contributed by atoms with van der Waals surface area (Å²) in [6.07, 6.45) is 7.89. The second-order valence-corrected chi connectivity index (χ2v) is 22.5. The number of fused-ring (bicyclic) bond motifs is 2. The molecule has 3 aliphatic heterocycles. The highest BCUT2D eigenvalue weighted by Crippen LogP contribution is 2.43. The normalized spacial score (nSPS) is 19.1. The molecule has 0 unspecified atom stereocenters. The summed E-state index contributed by atoms with van der Waals surface area (Å²) in [5.41, 5.74) is 7.62. The van der Waals surface area contributed by atoms with Crippen molar-refractivity contribution in [2.24, 2.45) is 5.41 Å². The van der Waals surface area contributed by atoms with E-state index in [0.717, 1.165) is 91.2 Å². The van der Waals surface area contributed by atoms with Crippen LogP contribution in [0.25, 0.3) is 10.4 Å². The summed E-state index contributed by atoms with van der Waals surface area (Å²) < 4.78 is 0. The lowest BCUT2D eigenvalue weighted by Crippen LogP contribution is -2.57. The highest BCUT2D eigenvalue weighted by Gasteiger charge is 2.45. The highest BCUT2D eigenvalue weighted by molar-refractivity contribution is 7.13. The molecule has 4 N–H and O–H groups in total. The number of piperazine rings is 1. The number of aryl methyl sites for hydroxylation is 1. The summed E-state index contributed by atoms with van der Waals surface area (Å²) in [5, 5.41) is 20.1. The van der Waals surface area contributed by atoms with Crippen molar-refractivity contribution in [3.63, 3.8) is 0 Å². The topological polar surface area (TPSA) is 197 Å². The Morgan fingerprint density at radius 1 is 0.867 bits per heavy atom. The molecule has 5 aromatic rings. The largest absolute Gasteiger partial charge is 0.391 e. The maximum Gasteiger partial charge on any atom is 0.260 e. The van der Waals surface area contributed by atoms with Crippen LogP contribution >= 0.6 is 11.3 Å². The number of nitrogens with zero attached hydrogens (tertiary/aromatic N) is 8. The van der Waals surface area contributed by atoms with Gasteiger partial charge in [0.05, 0.1) is 45.7 Å². The lowest BCUT2D eigenvalue weighted by atomic mass is 9.85. The van der Waals surface area contributed by atoms with Crippen LogP contribution < -0.4 is 25.8 Å². The van der Waals surface area contributed by atoms with Crippen molar-refractivity contribution in [2.75, 3.05) is 61.4 Å². The number of para-hydroxylation sites is 1. The van der Waals surface area contributed by atoms with Crippen molar-refractivity contribution in [3.8, 4) is 10.4 Å². The van der Waals surface area contributed by atoms with Crippen molar-refractivity contribution in [1.82, 2.24) is 40.3 Å². The molecule has 17 nitrogen and oxygen atoms in total. The van der Waals surface area contributed by atoms with E-state index in [1.807, 2.05) is 118 Å². The van der Waals surface area contributed by atoms with Crippen molar-refractivity contribution in [3.05, 3.63) is 107 Å². The first-order valence-corrected chi connectivity index (χ1v) is 27.4. The molecule has 75 heavy (non-hydrogen) atoms. The average Bonchev–Trinajstić information content (AvgIpc) is 4.19. The number of rotatable bonds is 16. The van der Waals surface area contributed by atoms with E-state index in [9.17, 15) is 29.1 Å². The Kier molecular flexibility index (Phi) is 16.3. The second-order valence-electron chi connectivity index (χ2n) is 21.6. The van der Waals surface area contributed by atoms with E-state index in [4.69, 9.17) is 4.98 Å². The molecule has 2 saturated heterocycles. The van der Waals surface area contributed by atoms with Crippen molar-refractivity contribution >= 4 is 69.7 Å². The third-order valence-corrected chi connectivity index (χ3v) is 16.2. The lowest BCUT2D eigenvalue weighted by molar-refractivity contribution is -0.144. The van der Waals surface area contributed by atoms with E-state index in [0.29, 0.717) is 48.1 Å². The number of unbranched alkanes of at least 4 members (excludes halogenated alkanes) is 2. The number of benzene rings is 3. The number of nitrogens with one attached hydrogen (secondary N) is 3. The number of likely N-dealkylation sites (tertiary alicyclic amines) is 1. The van der Waals surface area contributed by atoms with Crippen LogP contribution in [0.1, 0.15) is 123 Å². The second kappa shape index (κ2) is 23.0. The van der Waals surface area contributed by atoms with Gasteiger partial charge in [0, 0.05) is 69.9 Å². The Bertz CT molecular complexity index is 2860. The molecule has 0 spiro atoms. The van der Waals surface area contributed by atoms with Crippen LogP contribution in [0.3, 0.4) is 0 Å². The van der Waals surface area contributed by atoms with Gasteiger partial charge in [-0.15, -0.1) is 11.3 Å². The third-order valence-electron chi connectivity index (χ3n) is 15.2. The van der Waals surface area contributed by atoms with Crippen LogP contribution in [0.2, 0.25) is 0 Å². The summed E-state index contributed by atoms with van der Waals surface area (Å²) >= 11 is 1.58. The Balaban J connectivity index is 0.708. The monoisotopic (exact) mass is 1040 g/mol. The molecule has 396 valence electrons. The Labute approximate surface area is 444 Å². The average molecular weight is 1040 g/mol. The Morgan fingerprint density at radius 2 is 1.59 bits per heavy atom. The van der Waals surface area contributed by atoms with Gasteiger partial charge in [-0.3, -0.25) is 28.9 Å². The Morgan fingerprint density at radius 3 is 2.28 bits per heavy atom. The fourth-order valence-corrected chi connectivity index (χ4v) is 11.7. The summed E-state index contributed by atoms with van der Waals surface area (Å²) in [6.45, 7) is 13.1. The molecule has 1 aliphatic carbocycles. The predicted octanol–water partition coefficient (Wildman–Crippen LogP) is 8.01. The molecule has 5 heterocycles. The van der Waals surface area contributed by atoms with Gasteiger partial charge in [0.2, 0.25) is 23.7 Å². The van der Waals surface area contributed by atoms with Gasteiger partial charge >= 0.3 is 0 Å². The maximum absolute atomic E-state index is 14.2. The SMILES string of the molecule is Cc1ncsc1-c1ccc([C@H](C)NC(=O)[C@@H]2C[C@@H](O)CN2C(=O)[C@@H](NC(=O)CCCCCN2CCN(C(=O)c3ccc(Nc4ncc5c(n4)N(C4CCCC4)c4ccccc4C(=O)N5C)cc3)CC2)C(C)(C)C)cc1. The number of β-amino-alcohol motifs (C(OH)–C–C–N with tert-alkyl or cyclic N) is 1. The van der Waals surface area contributed by atoms with Crippen LogP contribution in [0.5, 0.6) is 0 Å². The first-order chi connectivity index (χ1) is 36.0. The van der Waals surface area contributed by atoms with E-state index in [1.165, 1.54) is 4.90 Å². The molecule has 2 aromatic heterocycles. The molecule has 0 bridgehead atoms. The lowest BCUT2D eigenvalue weighted by Gasteiger charge is -2.35. The maximum atomic E-state index is 14.2. The van der Waals surface area contributed by atoms with Gasteiger partial charge in [0.1, 0.15) is 17.8 Å². The van der Waals surface area contributed by atoms with Crippen molar-refractivity contribution < 1.29 is 29.1 Å². The quantitative estimate of drug-likeness (QED) is 0.0697. The van der Waals surface area contributed by atoms with Crippen molar-refractivity contribution in [1.29, 1.82) is 0 Å². The summed E-state index contributed by atoms with van der Waals surface area (Å²) in [4.78, 5) is 93.1. The molecular formula is C57H71N11O6S. The van der Waals surface area contributed by atoms with Gasteiger partial charge in [0.25, 0.3) is 11.8 Å². The number of hydrogen-bond donors (Lipinski definition) is 4.